The number of allylic oxidation sites excluding steroid dienone is 3. The van der Waals surface area contributed by atoms with Crippen molar-refractivity contribution >= 4 is 11.8 Å². The van der Waals surface area contributed by atoms with Crippen molar-refractivity contribution in [2.75, 3.05) is 14.2 Å². The molecule has 0 fully saturated rings. The van der Waals surface area contributed by atoms with Gasteiger partial charge in [0.05, 0.1) is 25.7 Å². The zero-order chi connectivity index (χ0) is 32.0. The summed E-state index contributed by atoms with van der Waals surface area (Å²) < 4.78 is 23.2. The number of carbonyl (C=O) groups excluding carboxylic acids is 2. The van der Waals surface area contributed by atoms with E-state index in [1.165, 1.54) is 0 Å². The Hall–Kier alpha value is -5.30. The molecule has 2 unspecified atom stereocenters. The second-order valence-corrected chi connectivity index (χ2v) is 11.5. The van der Waals surface area contributed by atoms with E-state index in [4.69, 9.17) is 18.9 Å². The Morgan fingerprint density at radius 2 is 1.41 bits per heavy atom. The van der Waals surface area contributed by atoms with E-state index in [0.29, 0.717) is 47.1 Å². The van der Waals surface area contributed by atoms with Crippen molar-refractivity contribution in [2.24, 2.45) is 0 Å². The minimum absolute atomic E-state index is 0.0303. The molecule has 6 rings (SSSR count). The standard InChI is InChI=1S/C39H37NO6/c1-25-36(39(42)46-24-27-14-8-5-9-15-27)37(30-16-10-11-17-33(30)45-23-26-12-6-4-7-13-26)38-31(40-25)20-29(21-32(38)41)28-18-19-34(43-2)35(22-28)44-3/h4-19,22,29,37,40H,20-21,23-24H2,1-3H3. The fourth-order valence-electron chi connectivity index (χ4n) is 6.35. The predicted octanol–water partition coefficient (Wildman–Crippen LogP) is 7.39. The number of hydrogen-bond acceptors (Lipinski definition) is 7. The molecule has 234 valence electrons. The van der Waals surface area contributed by atoms with Gasteiger partial charge in [-0.05, 0) is 54.2 Å². The number of esters is 1. The van der Waals surface area contributed by atoms with Crippen LogP contribution in [0.3, 0.4) is 0 Å². The minimum Gasteiger partial charge on any atom is -0.493 e. The fourth-order valence-corrected chi connectivity index (χ4v) is 6.35. The average Bonchev–Trinajstić information content (AvgIpc) is 3.09. The van der Waals surface area contributed by atoms with Crippen molar-refractivity contribution in [3.63, 3.8) is 0 Å². The maximum absolute atomic E-state index is 14.2. The molecule has 46 heavy (non-hydrogen) atoms. The van der Waals surface area contributed by atoms with Crippen LogP contribution in [0.4, 0.5) is 0 Å². The number of ketones is 1. The molecular weight excluding hydrogens is 578 g/mol. The third-order valence-corrected chi connectivity index (χ3v) is 8.61. The number of benzene rings is 4. The highest BCUT2D eigenvalue weighted by atomic mass is 16.5. The minimum atomic E-state index is -0.662. The van der Waals surface area contributed by atoms with E-state index in [0.717, 1.165) is 28.0 Å². The van der Waals surface area contributed by atoms with Gasteiger partial charge in [-0.25, -0.2) is 4.79 Å². The lowest BCUT2D eigenvalue weighted by Gasteiger charge is -2.37. The summed E-state index contributed by atoms with van der Waals surface area (Å²) in [5.74, 6) is 0.615. The van der Waals surface area contributed by atoms with Crippen LogP contribution in [-0.2, 0) is 27.5 Å². The molecule has 1 aliphatic heterocycles. The van der Waals surface area contributed by atoms with Crippen molar-refractivity contribution in [2.45, 2.75) is 44.8 Å². The molecule has 0 aromatic heterocycles. The van der Waals surface area contributed by atoms with Crippen LogP contribution in [0.2, 0.25) is 0 Å². The molecule has 1 aliphatic carbocycles. The van der Waals surface area contributed by atoms with Crippen LogP contribution in [0.1, 0.15) is 53.9 Å². The summed E-state index contributed by atoms with van der Waals surface area (Å²) in [7, 11) is 3.20. The van der Waals surface area contributed by atoms with E-state index in [2.05, 4.69) is 5.32 Å². The first kappa shape index (κ1) is 30.7. The smallest absolute Gasteiger partial charge is 0.337 e. The molecule has 0 radical (unpaired) electrons. The molecule has 4 aromatic carbocycles. The molecule has 7 nitrogen and oxygen atoms in total. The Morgan fingerprint density at radius 1 is 0.761 bits per heavy atom. The third kappa shape index (κ3) is 6.40. The first-order valence-electron chi connectivity index (χ1n) is 15.4. The maximum atomic E-state index is 14.2. The summed E-state index contributed by atoms with van der Waals surface area (Å²) in [6.45, 7) is 2.34. The fraction of sp³-hybridized carbons (Fsp3) is 0.231. The summed E-state index contributed by atoms with van der Waals surface area (Å²) in [4.78, 5) is 28.2. The topological polar surface area (TPSA) is 83.1 Å². The zero-order valence-corrected chi connectivity index (χ0v) is 26.2. The van der Waals surface area contributed by atoms with Gasteiger partial charge in [-0.3, -0.25) is 4.79 Å². The molecule has 0 bridgehead atoms. The number of nitrogens with one attached hydrogen (secondary N) is 1. The molecule has 2 aliphatic rings. The van der Waals surface area contributed by atoms with Crippen LogP contribution in [0, 0.1) is 0 Å². The molecule has 0 amide bonds. The second kappa shape index (κ2) is 13.8. The third-order valence-electron chi connectivity index (χ3n) is 8.61. The van der Waals surface area contributed by atoms with E-state index in [1.54, 1.807) is 14.2 Å². The van der Waals surface area contributed by atoms with E-state index >= 15 is 0 Å². The Bertz CT molecular complexity index is 1790. The van der Waals surface area contributed by atoms with Crippen molar-refractivity contribution < 1.29 is 28.5 Å². The first-order chi connectivity index (χ1) is 22.5. The number of dihydropyridines is 1. The van der Waals surface area contributed by atoms with E-state index in [1.807, 2.05) is 110 Å². The van der Waals surface area contributed by atoms with E-state index < -0.39 is 11.9 Å². The number of methoxy groups -OCH3 is 2. The normalized spacial score (nSPS) is 17.6. The van der Waals surface area contributed by atoms with Crippen LogP contribution < -0.4 is 19.5 Å². The van der Waals surface area contributed by atoms with Gasteiger partial charge >= 0.3 is 5.97 Å². The van der Waals surface area contributed by atoms with Gasteiger partial charge in [0.15, 0.2) is 17.3 Å². The van der Waals surface area contributed by atoms with Crippen molar-refractivity contribution in [3.05, 3.63) is 148 Å². The van der Waals surface area contributed by atoms with Crippen LogP contribution >= 0.6 is 0 Å². The largest absolute Gasteiger partial charge is 0.493 e. The summed E-state index contributed by atoms with van der Waals surface area (Å²) in [6, 6.07) is 32.9. The quantitative estimate of drug-likeness (QED) is 0.186. The maximum Gasteiger partial charge on any atom is 0.337 e. The van der Waals surface area contributed by atoms with E-state index in [9.17, 15) is 9.59 Å². The van der Waals surface area contributed by atoms with Crippen LogP contribution in [0.25, 0.3) is 0 Å². The van der Waals surface area contributed by atoms with Crippen LogP contribution in [0.5, 0.6) is 17.2 Å². The Morgan fingerprint density at radius 3 is 2.11 bits per heavy atom. The van der Waals surface area contributed by atoms with Gasteiger partial charge in [-0.1, -0.05) is 84.9 Å². The lowest BCUT2D eigenvalue weighted by Crippen LogP contribution is -2.36. The molecule has 0 spiro atoms. The summed E-state index contributed by atoms with van der Waals surface area (Å²) >= 11 is 0. The first-order valence-corrected chi connectivity index (χ1v) is 15.4. The Kier molecular flexibility index (Phi) is 9.20. The van der Waals surface area contributed by atoms with Gasteiger partial charge in [0, 0.05) is 29.0 Å². The average molecular weight is 616 g/mol. The monoisotopic (exact) mass is 615 g/mol. The number of ether oxygens (including phenoxy) is 4. The summed E-state index contributed by atoms with van der Waals surface area (Å²) in [5.41, 5.74) is 6.06. The molecule has 1 N–H and O–H groups in total. The van der Waals surface area contributed by atoms with E-state index in [-0.39, 0.29) is 24.7 Å². The van der Waals surface area contributed by atoms with Crippen molar-refractivity contribution in [1.82, 2.24) is 5.32 Å². The molecule has 0 saturated heterocycles. The zero-order valence-electron chi connectivity index (χ0n) is 26.2. The van der Waals surface area contributed by atoms with Gasteiger partial charge < -0.3 is 24.3 Å². The number of Topliss-reactive ketones (excluding diaryl/α,β-unsaturated/α-hetero) is 1. The summed E-state index contributed by atoms with van der Waals surface area (Å²) in [5, 5.41) is 3.45. The molecule has 4 aromatic rings. The van der Waals surface area contributed by atoms with Gasteiger partial charge in [-0.15, -0.1) is 0 Å². The lowest BCUT2D eigenvalue weighted by atomic mass is 9.71. The van der Waals surface area contributed by atoms with Gasteiger partial charge in [0.2, 0.25) is 0 Å². The highest BCUT2D eigenvalue weighted by Gasteiger charge is 2.42. The number of para-hydroxylation sites is 1. The van der Waals surface area contributed by atoms with Gasteiger partial charge in [0.25, 0.3) is 0 Å². The van der Waals surface area contributed by atoms with Crippen molar-refractivity contribution in [1.29, 1.82) is 0 Å². The van der Waals surface area contributed by atoms with Crippen LogP contribution in [0.15, 0.2) is 126 Å². The highest BCUT2D eigenvalue weighted by Crippen LogP contribution is 2.48. The van der Waals surface area contributed by atoms with Crippen molar-refractivity contribution in [3.8, 4) is 17.2 Å². The van der Waals surface area contributed by atoms with Crippen LogP contribution in [-0.4, -0.2) is 26.0 Å². The Balaban J connectivity index is 1.38. The molecule has 7 heteroatoms. The molecule has 0 saturated carbocycles. The predicted molar refractivity (Wildman–Crippen MR) is 176 cm³/mol. The van der Waals surface area contributed by atoms with Gasteiger partial charge in [0.1, 0.15) is 19.0 Å². The lowest BCUT2D eigenvalue weighted by molar-refractivity contribution is -0.140. The molecule has 2 atom stereocenters. The molecular formula is C39H37NO6. The second-order valence-electron chi connectivity index (χ2n) is 11.5. The highest BCUT2D eigenvalue weighted by molar-refractivity contribution is 6.04. The number of hydrogen-bond donors (Lipinski definition) is 1. The number of rotatable bonds is 10. The van der Waals surface area contributed by atoms with Gasteiger partial charge in [-0.2, -0.15) is 0 Å². The number of carbonyl (C=O) groups is 2. The summed E-state index contributed by atoms with van der Waals surface area (Å²) in [6.07, 6.45) is 0.870. The molecule has 1 heterocycles. The Labute approximate surface area is 269 Å². The SMILES string of the molecule is COc1ccc(C2CC(=O)C3=C(C2)NC(C)=C(C(=O)OCc2ccccc2)C3c2ccccc2OCc2ccccc2)cc1OC.